The van der Waals surface area contributed by atoms with Gasteiger partial charge in [-0.05, 0) is 35.9 Å². The number of nitrogens with zero attached hydrogens (tertiary/aromatic N) is 2. The summed E-state index contributed by atoms with van der Waals surface area (Å²) in [7, 11) is 0. The molecule has 0 aliphatic carbocycles. The average Bonchev–Trinajstić information content (AvgIpc) is 2.81. The Morgan fingerprint density at radius 3 is 2.05 bits per heavy atom. The average molecular weight is 416 g/mol. The molecule has 22 heavy (non-hydrogen) atoms. The molecule has 0 unspecified atom stereocenters. The summed E-state index contributed by atoms with van der Waals surface area (Å²) in [5.74, 6) is 0. The Labute approximate surface area is 145 Å². The molecule has 0 radical (unpaired) electrons. The zero-order chi connectivity index (χ0) is 15.1. The van der Waals surface area contributed by atoms with E-state index in [0.29, 0.717) is 0 Å². The Bertz CT molecular complexity index is 915. The maximum atomic E-state index is 4.23. The molecule has 4 heteroatoms. The van der Waals surface area contributed by atoms with E-state index in [1.54, 1.807) is 0 Å². The van der Waals surface area contributed by atoms with Crippen LogP contribution in [0.3, 0.4) is 0 Å². The van der Waals surface area contributed by atoms with Gasteiger partial charge in [-0.2, -0.15) is 0 Å². The van der Waals surface area contributed by atoms with Gasteiger partial charge >= 0.3 is 0 Å². The Morgan fingerprint density at radius 1 is 0.864 bits per heavy atom. The highest BCUT2D eigenvalue weighted by atomic mass is 79.9. The standard InChI is InChI=1S/C18H12Br2N2/c19-13-3-5-15-16-6-4-14(20)9-18(16)22(17(15)8-13)11-12-2-1-7-21-10-12/h1-10H,11H2. The van der Waals surface area contributed by atoms with Gasteiger partial charge in [-0.3, -0.25) is 4.98 Å². The third-order valence-electron chi connectivity index (χ3n) is 3.85. The predicted octanol–water partition coefficient (Wildman–Crippen LogP) is 5.76. The molecule has 4 rings (SSSR count). The molecule has 0 bridgehead atoms. The lowest BCUT2D eigenvalue weighted by Crippen LogP contribution is -1.99. The molecular weight excluding hydrogens is 404 g/mol. The van der Waals surface area contributed by atoms with E-state index in [0.717, 1.165) is 15.5 Å². The third-order valence-corrected chi connectivity index (χ3v) is 4.84. The largest absolute Gasteiger partial charge is 0.336 e. The van der Waals surface area contributed by atoms with Crippen LogP contribution in [0.25, 0.3) is 21.8 Å². The van der Waals surface area contributed by atoms with Crippen molar-refractivity contribution in [2.24, 2.45) is 0 Å². The van der Waals surface area contributed by atoms with Crippen molar-refractivity contribution in [3.05, 3.63) is 75.4 Å². The second kappa shape index (κ2) is 5.52. The van der Waals surface area contributed by atoms with Crippen LogP contribution in [0.4, 0.5) is 0 Å². The molecule has 0 N–H and O–H groups in total. The van der Waals surface area contributed by atoms with Crippen molar-refractivity contribution < 1.29 is 0 Å². The van der Waals surface area contributed by atoms with E-state index in [1.807, 2.05) is 18.5 Å². The predicted molar refractivity (Wildman–Crippen MR) is 98.2 cm³/mol. The van der Waals surface area contributed by atoms with Crippen LogP contribution < -0.4 is 0 Å². The highest BCUT2D eigenvalue weighted by Crippen LogP contribution is 2.33. The highest BCUT2D eigenvalue weighted by Gasteiger charge is 2.11. The van der Waals surface area contributed by atoms with Crippen molar-refractivity contribution in [1.82, 2.24) is 9.55 Å². The second-order valence-electron chi connectivity index (χ2n) is 5.27. The molecule has 0 atom stereocenters. The van der Waals surface area contributed by atoms with Gasteiger partial charge in [0.05, 0.1) is 11.0 Å². The van der Waals surface area contributed by atoms with E-state index in [-0.39, 0.29) is 0 Å². The Balaban J connectivity index is 2.04. The molecule has 0 spiro atoms. The minimum Gasteiger partial charge on any atom is -0.336 e. The third kappa shape index (κ3) is 2.36. The lowest BCUT2D eigenvalue weighted by Gasteiger charge is -2.08. The Morgan fingerprint density at radius 2 is 1.50 bits per heavy atom. The number of fused-ring (bicyclic) bond motifs is 3. The van der Waals surface area contributed by atoms with E-state index in [2.05, 4.69) is 83.9 Å². The number of hydrogen-bond acceptors (Lipinski definition) is 1. The minimum atomic E-state index is 0.806. The molecule has 0 saturated carbocycles. The van der Waals surface area contributed by atoms with Crippen molar-refractivity contribution in [2.45, 2.75) is 6.54 Å². The van der Waals surface area contributed by atoms with E-state index in [9.17, 15) is 0 Å². The van der Waals surface area contributed by atoms with Crippen LogP contribution in [0.1, 0.15) is 5.56 Å². The van der Waals surface area contributed by atoms with Crippen molar-refractivity contribution in [3.8, 4) is 0 Å². The number of halogens is 2. The van der Waals surface area contributed by atoms with Gasteiger partial charge in [-0.25, -0.2) is 0 Å². The first-order chi connectivity index (χ1) is 10.7. The number of benzene rings is 2. The van der Waals surface area contributed by atoms with Gasteiger partial charge in [0.15, 0.2) is 0 Å². The molecule has 2 aromatic carbocycles. The summed E-state index contributed by atoms with van der Waals surface area (Å²) < 4.78 is 4.53. The van der Waals surface area contributed by atoms with Crippen LogP contribution in [0.2, 0.25) is 0 Å². The normalized spacial score (nSPS) is 11.4. The summed E-state index contributed by atoms with van der Waals surface area (Å²) in [4.78, 5) is 4.23. The fraction of sp³-hybridized carbons (Fsp3) is 0.0556. The lowest BCUT2D eigenvalue weighted by atomic mass is 10.2. The van der Waals surface area contributed by atoms with Gasteiger partial charge in [0.2, 0.25) is 0 Å². The highest BCUT2D eigenvalue weighted by molar-refractivity contribution is 9.10. The van der Waals surface area contributed by atoms with Crippen molar-refractivity contribution in [1.29, 1.82) is 0 Å². The molecule has 0 amide bonds. The number of pyridine rings is 1. The quantitative estimate of drug-likeness (QED) is 0.406. The van der Waals surface area contributed by atoms with Crippen LogP contribution in [-0.2, 0) is 6.54 Å². The molecule has 0 saturated heterocycles. The minimum absolute atomic E-state index is 0.806. The summed E-state index contributed by atoms with van der Waals surface area (Å²) >= 11 is 7.18. The van der Waals surface area contributed by atoms with Gasteiger partial charge in [0, 0.05) is 38.7 Å². The van der Waals surface area contributed by atoms with Gasteiger partial charge in [-0.15, -0.1) is 0 Å². The van der Waals surface area contributed by atoms with Crippen molar-refractivity contribution in [3.63, 3.8) is 0 Å². The SMILES string of the molecule is Brc1ccc2c3ccc(Br)cc3n(Cc3cccnc3)c2c1. The van der Waals surface area contributed by atoms with Gasteiger partial charge in [0.25, 0.3) is 0 Å². The van der Waals surface area contributed by atoms with E-state index >= 15 is 0 Å². The molecule has 2 aromatic heterocycles. The Hall–Kier alpha value is -1.65. The van der Waals surface area contributed by atoms with Gasteiger partial charge < -0.3 is 4.57 Å². The monoisotopic (exact) mass is 414 g/mol. The zero-order valence-electron chi connectivity index (χ0n) is 11.6. The topological polar surface area (TPSA) is 17.8 Å². The maximum absolute atomic E-state index is 4.23. The van der Waals surface area contributed by atoms with Crippen LogP contribution >= 0.6 is 31.9 Å². The molecule has 4 aromatic rings. The zero-order valence-corrected chi connectivity index (χ0v) is 14.8. The van der Waals surface area contributed by atoms with Gasteiger partial charge in [-0.1, -0.05) is 50.1 Å². The molecule has 0 aliphatic heterocycles. The van der Waals surface area contributed by atoms with E-state index in [1.165, 1.54) is 27.4 Å². The molecule has 108 valence electrons. The first-order valence-electron chi connectivity index (χ1n) is 6.98. The van der Waals surface area contributed by atoms with Crippen molar-refractivity contribution >= 4 is 53.7 Å². The summed E-state index contributed by atoms with van der Waals surface area (Å²) in [6.07, 6.45) is 3.73. The van der Waals surface area contributed by atoms with Crippen molar-refractivity contribution in [2.75, 3.05) is 0 Å². The molecular formula is C18H12Br2N2. The summed E-state index contributed by atoms with van der Waals surface area (Å²) in [6.45, 7) is 0.806. The van der Waals surface area contributed by atoms with Crippen LogP contribution in [0.15, 0.2) is 69.9 Å². The summed E-state index contributed by atoms with van der Waals surface area (Å²) in [6, 6.07) is 17.0. The van der Waals surface area contributed by atoms with E-state index < -0.39 is 0 Å². The van der Waals surface area contributed by atoms with E-state index in [4.69, 9.17) is 0 Å². The molecule has 2 nitrogen and oxygen atoms in total. The molecule has 0 aliphatic rings. The lowest BCUT2D eigenvalue weighted by molar-refractivity contribution is 0.862. The molecule has 0 fully saturated rings. The first kappa shape index (κ1) is 14.0. The smallest absolute Gasteiger partial charge is 0.0505 e. The number of aromatic nitrogens is 2. The Kier molecular flexibility index (Phi) is 3.51. The summed E-state index contributed by atoms with van der Waals surface area (Å²) in [5.41, 5.74) is 3.65. The second-order valence-corrected chi connectivity index (χ2v) is 7.10. The van der Waals surface area contributed by atoms with Crippen LogP contribution in [0, 0.1) is 0 Å². The fourth-order valence-electron chi connectivity index (χ4n) is 2.89. The first-order valence-corrected chi connectivity index (χ1v) is 8.57. The van der Waals surface area contributed by atoms with Crippen LogP contribution in [-0.4, -0.2) is 9.55 Å². The number of rotatable bonds is 2. The van der Waals surface area contributed by atoms with Crippen LogP contribution in [0.5, 0.6) is 0 Å². The maximum Gasteiger partial charge on any atom is 0.0505 e. The number of hydrogen-bond donors (Lipinski definition) is 0. The fourth-order valence-corrected chi connectivity index (χ4v) is 3.58. The summed E-state index contributed by atoms with van der Waals surface area (Å²) in [5, 5.41) is 2.55. The van der Waals surface area contributed by atoms with Gasteiger partial charge in [0.1, 0.15) is 0 Å². The molecule has 2 heterocycles.